The molecular weight excluding hydrogens is 220 g/mol. The second-order valence-electron chi connectivity index (χ2n) is 3.76. The standard InChI is InChI=1S/C10H14N2OS.C2H6/c1-7-4-3-5-12(7)10(13)9-8(2)11-6-14-9;1-2/h6-7H,3-5H2,1-2H3;1-2H3/t7-;/m1./s1. The van der Waals surface area contributed by atoms with E-state index < -0.39 is 0 Å². The van der Waals surface area contributed by atoms with Crippen LogP contribution in [0.3, 0.4) is 0 Å². The fraction of sp³-hybridized carbons (Fsp3) is 0.667. The molecule has 0 bridgehead atoms. The largest absolute Gasteiger partial charge is 0.335 e. The Morgan fingerprint density at radius 1 is 1.56 bits per heavy atom. The minimum atomic E-state index is 0.162. The van der Waals surface area contributed by atoms with Gasteiger partial charge in [0.1, 0.15) is 4.88 Å². The quantitative estimate of drug-likeness (QED) is 0.755. The molecule has 1 aromatic rings. The van der Waals surface area contributed by atoms with E-state index in [1.54, 1.807) is 5.51 Å². The topological polar surface area (TPSA) is 33.2 Å². The van der Waals surface area contributed by atoms with Crippen LogP contribution < -0.4 is 0 Å². The van der Waals surface area contributed by atoms with Crippen LogP contribution in [0.5, 0.6) is 0 Å². The van der Waals surface area contributed by atoms with E-state index in [4.69, 9.17) is 0 Å². The van der Waals surface area contributed by atoms with Crippen molar-refractivity contribution in [2.24, 2.45) is 0 Å². The molecule has 0 radical (unpaired) electrons. The first-order chi connectivity index (χ1) is 7.70. The summed E-state index contributed by atoms with van der Waals surface area (Å²) < 4.78 is 0. The Bertz CT molecular complexity index is 349. The van der Waals surface area contributed by atoms with Gasteiger partial charge in [-0.15, -0.1) is 11.3 Å². The van der Waals surface area contributed by atoms with Gasteiger partial charge < -0.3 is 4.90 Å². The summed E-state index contributed by atoms with van der Waals surface area (Å²) in [4.78, 5) is 18.9. The highest BCUT2D eigenvalue weighted by Gasteiger charge is 2.27. The Morgan fingerprint density at radius 3 is 2.69 bits per heavy atom. The number of rotatable bonds is 1. The van der Waals surface area contributed by atoms with Crippen molar-refractivity contribution >= 4 is 17.2 Å². The summed E-state index contributed by atoms with van der Waals surface area (Å²) in [6.45, 7) is 8.91. The van der Waals surface area contributed by atoms with E-state index in [1.807, 2.05) is 25.7 Å². The van der Waals surface area contributed by atoms with E-state index in [1.165, 1.54) is 11.3 Å². The summed E-state index contributed by atoms with van der Waals surface area (Å²) in [5, 5.41) is 0. The number of carbonyl (C=O) groups excluding carboxylic acids is 1. The second kappa shape index (κ2) is 5.99. The average molecular weight is 240 g/mol. The Balaban J connectivity index is 0.000000606. The molecule has 0 spiro atoms. The van der Waals surface area contributed by atoms with Gasteiger partial charge in [0.25, 0.3) is 5.91 Å². The molecule has 1 saturated heterocycles. The third-order valence-corrected chi connectivity index (χ3v) is 3.67. The molecule has 1 amide bonds. The number of amides is 1. The first-order valence-electron chi connectivity index (χ1n) is 5.91. The Morgan fingerprint density at radius 2 is 2.25 bits per heavy atom. The highest BCUT2D eigenvalue weighted by atomic mass is 32.1. The van der Waals surface area contributed by atoms with Crippen molar-refractivity contribution in [3.05, 3.63) is 16.1 Å². The minimum Gasteiger partial charge on any atom is -0.335 e. The third-order valence-electron chi connectivity index (χ3n) is 2.75. The molecule has 1 aromatic heterocycles. The van der Waals surface area contributed by atoms with Crippen molar-refractivity contribution in [2.75, 3.05) is 6.54 Å². The van der Waals surface area contributed by atoms with Crippen molar-refractivity contribution in [3.63, 3.8) is 0 Å². The van der Waals surface area contributed by atoms with Gasteiger partial charge in [-0.25, -0.2) is 4.98 Å². The molecule has 1 atom stereocenters. The number of carbonyl (C=O) groups is 1. The number of aromatic nitrogens is 1. The van der Waals surface area contributed by atoms with Crippen LogP contribution in [-0.4, -0.2) is 28.4 Å². The van der Waals surface area contributed by atoms with E-state index in [0.717, 1.165) is 30.0 Å². The normalized spacial score (nSPS) is 19.2. The zero-order valence-corrected chi connectivity index (χ0v) is 11.3. The number of thiazole rings is 1. The van der Waals surface area contributed by atoms with Gasteiger partial charge in [-0.05, 0) is 26.7 Å². The molecule has 3 nitrogen and oxygen atoms in total. The van der Waals surface area contributed by atoms with Gasteiger partial charge in [-0.3, -0.25) is 4.79 Å². The maximum absolute atomic E-state index is 12.0. The van der Waals surface area contributed by atoms with Gasteiger partial charge in [0.2, 0.25) is 0 Å². The summed E-state index contributed by atoms with van der Waals surface area (Å²) in [5.41, 5.74) is 2.60. The van der Waals surface area contributed by atoms with Crippen LogP contribution >= 0.6 is 11.3 Å². The SMILES string of the molecule is CC.Cc1ncsc1C(=O)N1CCC[C@H]1C. The Hall–Kier alpha value is -0.900. The van der Waals surface area contributed by atoms with Gasteiger partial charge >= 0.3 is 0 Å². The number of likely N-dealkylation sites (tertiary alicyclic amines) is 1. The van der Waals surface area contributed by atoms with Crippen molar-refractivity contribution in [1.29, 1.82) is 0 Å². The zero-order chi connectivity index (χ0) is 12.1. The third kappa shape index (κ3) is 2.61. The minimum absolute atomic E-state index is 0.162. The molecule has 1 fully saturated rings. The van der Waals surface area contributed by atoms with Crippen LogP contribution in [0, 0.1) is 6.92 Å². The highest BCUT2D eigenvalue weighted by molar-refractivity contribution is 7.11. The van der Waals surface area contributed by atoms with Gasteiger partial charge in [0.15, 0.2) is 0 Å². The second-order valence-corrected chi connectivity index (χ2v) is 4.61. The predicted octanol–water partition coefficient (Wildman–Crippen LogP) is 3.10. The lowest BCUT2D eigenvalue weighted by Gasteiger charge is -2.20. The summed E-state index contributed by atoms with van der Waals surface area (Å²) in [6, 6.07) is 0.393. The smallest absolute Gasteiger partial charge is 0.266 e. The number of hydrogen-bond donors (Lipinski definition) is 0. The summed E-state index contributed by atoms with van der Waals surface area (Å²) in [7, 11) is 0. The van der Waals surface area contributed by atoms with Crippen LogP contribution in [0.4, 0.5) is 0 Å². The van der Waals surface area contributed by atoms with E-state index in [2.05, 4.69) is 11.9 Å². The van der Waals surface area contributed by atoms with E-state index in [9.17, 15) is 4.79 Å². The maximum Gasteiger partial charge on any atom is 0.266 e. The van der Waals surface area contributed by atoms with Crippen molar-refractivity contribution < 1.29 is 4.79 Å². The lowest BCUT2D eigenvalue weighted by molar-refractivity contribution is 0.0751. The lowest BCUT2D eigenvalue weighted by Crippen LogP contribution is -2.33. The molecule has 0 saturated carbocycles. The average Bonchev–Trinajstić information content (AvgIpc) is 2.89. The monoisotopic (exact) mass is 240 g/mol. The number of hydrogen-bond acceptors (Lipinski definition) is 3. The fourth-order valence-corrected chi connectivity index (χ4v) is 2.63. The van der Waals surface area contributed by atoms with Gasteiger partial charge in [0.05, 0.1) is 11.2 Å². The molecule has 90 valence electrons. The zero-order valence-electron chi connectivity index (χ0n) is 10.5. The Labute approximate surface area is 101 Å². The first kappa shape index (κ1) is 13.2. The summed E-state index contributed by atoms with van der Waals surface area (Å²) in [6.07, 6.45) is 2.26. The molecule has 16 heavy (non-hydrogen) atoms. The molecule has 1 aliphatic heterocycles. The molecule has 1 aliphatic rings. The molecule has 2 rings (SSSR count). The molecule has 0 aromatic carbocycles. The molecular formula is C12H20N2OS. The van der Waals surface area contributed by atoms with Gasteiger partial charge in [-0.2, -0.15) is 0 Å². The predicted molar refractivity (Wildman–Crippen MR) is 67.9 cm³/mol. The van der Waals surface area contributed by atoms with Crippen molar-refractivity contribution in [3.8, 4) is 0 Å². The van der Waals surface area contributed by atoms with Gasteiger partial charge in [-0.1, -0.05) is 13.8 Å². The van der Waals surface area contributed by atoms with Crippen LogP contribution in [0.25, 0.3) is 0 Å². The van der Waals surface area contributed by atoms with Crippen molar-refractivity contribution in [1.82, 2.24) is 9.88 Å². The number of nitrogens with zero attached hydrogens (tertiary/aromatic N) is 2. The van der Waals surface area contributed by atoms with E-state index in [-0.39, 0.29) is 5.91 Å². The Kier molecular flexibility index (Phi) is 4.93. The summed E-state index contributed by atoms with van der Waals surface area (Å²) in [5.74, 6) is 0.162. The lowest BCUT2D eigenvalue weighted by atomic mass is 10.2. The molecule has 0 aliphatic carbocycles. The molecule has 4 heteroatoms. The van der Waals surface area contributed by atoms with E-state index >= 15 is 0 Å². The summed E-state index contributed by atoms with van der Waals surface area (Å²) >= 11 is 1.44. The van der Waals surface area contributed by atoms with Crippen LogP contribution in [-0.2, 0) is 0 Å². The fourth-order valence-electron chi connectivity index (χ4n) is 1.87. The van der Waals surface area contributed by atoms with Crippen LogP contribution in [0.1, 0.15) is 49.0 Å². The van der Waals surface area contributed by atoms with E-state index in [0.29, 0.717) is 6.04 Å². The van der Waals surface area contributed by atoms with Crippen molar-refractivity contribution in [2.45, 2.75) is 46.6 Å². The highest BCUT2D eigenvalue weighted by Crippen LogP contribution is 2.22. The van der Waals surface area contributed by atoms with Crippen LogP contribution in [0.15, 0.2) is 5.51 Å². The number of aryl methyl sites for hydroxylation is 1. The molecule has 2 heterocycles. The first-order valence-corrected chi connectivity index (χ1v) is 6.79. The van der Waals surface area contributed by atoms with Gasteiger partial charge in [0, 0.05) is 12.6 Å². The molecule has 0 N–H and O–H groups in total. The van der Waals surface area contributed by atoms with Crippen LogP contribution in [0.2, 0.25) is 0 Å². The molecule has 0 unspecified atom stereocenters. The maximum atomic E-state index is 12.0.